The van der Waals surface area contributed by atoms with Crippen molar-refractivity contribution in [1.82, 2.24) is 20.9 Å². The zero-order valence-electron chi connectivity index (χ0n) is 37.2. The molecule has 2 aliphatic carbocycles. The van der Waals surface area contributed by atoms with Gasteiger partial charge in [-0.25, -0.2) is 4.39 Å². The van der Waals surface area contributed by atoms with Crippen LogP contribution in [0.5, 0.6) is 11.5 Å². The number of benzene rings is 3. The molecule has 3 aromatic carbocycles. The van der Waals surface area contributed by atoms with E-state index in [9.17, 15) is 24.4 Å². The number of halogens is 1. The number of anilines is 1. The maximum atomic E-state index is 15.1. The predicted molar refractivity (Wildman–Crippen MR) is 233 cm³/mol. The van der Waals surface area contributed by atoms with E-state index >= 15 is 4.39 Å². The third-order valence-electron chi connectivity index (χ3n) is 13.3. The standard InChI is InChI=1S/C48H59FN6O8/c1-28-20-34(21-29(2)38(28)25-50)63-46-47(3,4)45(48(46,5)6)53-42(57)30-8-10-31(11-9-30)54-17-19-61-36(26-54)27-55(16-18-60-7)32-22-35(23-32)62-33-12-13-37(39(49)24-33)43(58)51-40-14-15-41(56)52-44(40)59/h8-13,20-21,24,32,35-36,40,45-46H,14-19,22-23,26-27H2,1-7H3,(H,51,58)(H,53,57)(H,52,56,59)/t32?,35?,36-,40-,45?,46?/m0/s1. The van der Waals surface area contributed by atoms with Gasteiger partial charge in [-0.15, -0.1) is 0 Å². The average Bonchev–Trinajstić information content (AvgIpc) is 3.22. The third-order valence-corrected chi connectivity index (χ3v) is 13.3. The first kappa shape index (κ1) is 45.5. The van der Waals surface area contributed by atoms with Crippen LogP contribution in [0.1, 0.15) is 90.8 Å². The summed E-state index contributed by atoms with van der Waals surface area (Å²) in [5.74, 6) is -1.60. The molecular formula is C48H59FN6O8. The lowest BCUT2D eigenvalue weighted by atomic mass is 9.49. The number of piperidine rings is 1. The molecule has 4 fully saturated rings. The van der Waals surface area contributed by atoms with Crippen LogP contribution in [0.25, 0.3) is 0 Å². The monoisotopic (exact) mass is 866 g/mol. The van der Waals surface area contributed by atoms with Crippen LogP contribution in [0.2, 0.25) is 0 Å². The second-order valence-corrected chi connectivity index (χ2v) is 18.5. The molecule has 63 heavy (non-hydrogen) atoms. The fourth-order valence-corrected chi connectivity index (χ4v) is 10.0. The van der Waals surface area contributed by atoms with Crippen molar-refractivity contribution in [2.75, 3.05) is 51.4 Å². The number of nitrogens with one attached hydrogen (secondary N) is 3. The number of carbonyl (C=O) groups is 4. The Bertz CT molecular complexity index is 2210. The molecule has 2 atom stereocenters. The van der Waals surface area contributed by atoms with Gasteiger partial charge in [-0.3, -0.25) is 29.4 Å². The van der Waals surface area contributed by atoms with Crippen LogP contribution in [0, 0.1) is 41.8 Å². The van der Waals surface area contributed by atoms with Crippen molar-refractivity contribution in [1.29, 1.82) is 5.26 Å². The minimum Gasteiger partial charge on any atom is -0.490 e. The van der Waals surface area contributed by atoms with Gasteiger partial charge in [0.15, 0.2) is 0 Å². The topological polar surface area (TPSA) is 172 Å². The number of ether oxygens (including phenoxy) is 4. The summed E-state index contributed by atoms with van der Waals surface area (Å²) in [6.07, 6.45) is 1.35. The summed E-state index contributed by atoms with van der Waals surface area (Å²) in [7, 11) is 1.68. The summed E-state index contributed by atoms with van der Waals surface area (Å²) in [6, 6.07) is 17.1. The molecule has 3 N–H and O–H groups in total. The van der Waals surface area contributed by atoms with Crippen molar-refractivity contribution in [3.8, 4) is 17.6 Å². The Morgan fingerprint density at radius 2 is 1.67 bits per heavy atom. The molecule has 4 aliphatic rings. The second kappa shape index (κ2) is 18.7. The number of amides is 4. The summed E-state index contributed by atoms with van der Waals surface area (Å²) >= 11 is 0. The zero-order chi connectivity index (χ0) is 45.2. The van der Waals surface area contributed by atoms with Crippen LogP contribution < -0.4 is 30.3 Å². The van der Waals surface area contributed by atoms with E-state index in [0.29, 0.717) is 49.7 Å². The van der Waals surface area contributed by atoms with E-state index in [4.69, 9.17) is 18.9 Å². The maximum Gasteiger partial charge on any atom is 0.254 e. The molecule has 0 spiro atoms. The molecule has 15 heteroatoms. The van der Waals surface area contributed by atoms with Crippen molar-refractivity contribution in [3.63, 3.8) is 0 Å². The molecule has 336 valence electrons. The Balaban J connectivity index is 0.895. The van der Waals surface area contributed by atoms with E-state index in [1.54, 1.807) is 13.2 Å². The van der Waals surface area contributed by atoms with Crippen LogP contribution in [0.4, 0.5) is 10.1 Å². The molecule has 0 unspecified atom stereocenters. The number of nitrogens with zero attached hydrogens (tertiary/aromatic N) is 3. The fourth-order valence-electron chi connectivity index (χ4n) is 10.0. The number of hydrogen-bond donors (Lipinski definition) is 3. The molecule has 0 radical (unpaired) electrons. The van der Waals surface area contributed by atoms with Crippen molar-refractivity contribution in [2.45, 2.75) is 104 Å². The maximum absolute atomic E-state index is 15.1. The first-order valence-corrected chi connectivity index (χ1v) is 21.8. The van der Waals surface area contributed by atoms with Gasteiger partial charge in [0.1, 0.15) is 35.6 Å². The molecule has 2 saturated carbocycles. The lowest BCUT2D eigenvalue weighted by Gasteiger charge is -2.63. The van der Waals surface area contributed by atoms with Gasteiger partial charge in [0.05, 0.1) is 36.5 Å². The highest BCUT2D eigenvalue weighted by atomic mass is 19.1. The summed E-state index contributed by atoms with van der Waals surface area (Å²) in [6.45, 7) is 16.2. The van der Waals surface area contributed by atoms with Crippen LogP contribution >= 0.6 is 0 Å². The number of rotatable bonds is 15. The molecular weight excluding hydrogens is 808 g/mol. The quantitative estimate of drug-likeness (QED) is 0.171. The first-order chi connectivity index (χ1) is 30.0. The number of carbonyl (C=O) groups excluding carboxylic acids is 4. The van der Waals surface area contributed by atoms with Gasteiger partial charge in [-0.1, -0.05) is 27.7 Å². The highest BCUT2D eigenvalue weighted by Gasteiger charge is 2.64. The van der Waals surface area contributed by atoms with Gasteiger partial charge >= 0.3 is 0 Å². The molecule has 2 saturated heterocycles. The van der Waals surface area contributed by atoms with Gasteiger partial charge in [0.2, 0.25) is 11.8 Å². The van der Waals surface area contributed by atoms with Gasteiger partial charge in [-0.05, 0) is 79.9 Å². The molecule has 2 aliphatic heterocycles. The molecule has 7 rings (SSSR count). The van der Waals surface area contributed by atoms with Crippen molar-refractivity contribution in [2.24, 2.45) is 10.8 Å². The Hall–Kier alpha value is -5.56. The van der Waals surface area contributed by atoms with E-state index in [-0.39, 0.29) is 65.5 Å². The van der Waals surface area contributed by atoms with Crippen LogP contribution in [-0.4, -0.2) is 111 Å². The summed E-state index contributed by atoms with van der Waals surface area (Å²) < 4.78 is 39.4. The first-order valence-electron chi connectivity index (χ1n) is 21.8. The molecule has 0 bridgehead atoms. The fraction of sp³-hybridized carbons (Fsp3) is 0.521. The minimum atomic E-state index is -0.903. The largest absolute Gasteiger partial charge is 0.490 e. The van der Waals surface area contributed by atoms with Crippen LogP contribution in [-0.2, 0) is 19.1 Å². The van der Waals surface area contributed by atoms with Crippen molar-refractivity contribution >= 4 is 29.3 Å². The summed E-state index contributed by atoms with van der Waals surface area (Å²) in [4.78, 5) is 54.5. The smallest absolute Gasteiger partial charge is 0.254 e. The van der Waals surface area contributed by atoms with Gasteiger partial charge < -0.3 is 34.5 Å². The lowest BCUT2D eigenvalue weighted by molar-refractivity contribution is -0.164. The number of hydrogen-bond acceptors (Lipinski definition) is 11. The lowest BCUT2D eigenvalue weighted by Crippen LogP contribution is -2.74. The van der Waals surface area contributed by atoms with Crippen LogP contribution in [0.3, 0.4) is 0 Å². The SMILES string of the molecule is COCCN(C[C@@H]1CN(c2ccc(C(=O)NC3C(C)(C)C(Oc4cc(C)c(C#N)c(C)c4)C3(C)C)cc2)CCO1)C1CC(Oc2ccc(C(=O)N[C@H]3CCC(=O)NC3=O)c(F)c2)C1. The van der Waals surface area contributed by atoms with Crippen LogP contribution in [0.15, 0.2) is 54.6 Å². The number of methoxy groups -OCH3 is 1. The van der Waals surface area contributed by atoms with Gasteiger partial charge in [0, 0.05) is 92.8 Å². The van der Waals surface area contributed by atoms with Gasteiger partial charge in [0.25, 0.3) is 11.8 Å². The van der Waals surface area contributed by atoms with E-state index in [2.05, 4.69) is 59.5 Å². The Kier molecular flexibility index (Phi) is 13.5. The Morgan fingerprint density at radius 3 is 2.30 bits per heavy atom. The molecule has 14 nitrogen and oxygen atoms in total. The number of morpholine rings is 1. The number of aryl methyl sites for hydroxylation is 2. The number of nitriles is 1. The minimum absolute atomic E-state index is 0.0677. The summed E-state index contributed by atoms with van der Waals surface area (Å²) in [5, 5.41) is 17.5. The second-order valence-electron chi connectivity index (χ2n) is 18.5. The van der Waals surface area contributed by atoms with E-state index in [1.165, 1.54) is 12.1 Å². The van der Waals surface area contributed by atoms with E-state index in [1.807, 2.05) is 50.2 Å². The van der Waals surface area contributed by atoms with Gasteiger partial charge in [-0.2, -0.15) is 5.26 Å². The summed E-state index contributed by atoms with van der Waals surface area (Å²) in [5.41, 5.74) is 3.11. The highest BCUT2D eigenvalue weighted by Crippen LogP contribution is 2.55. The predicted octanol–water partition coefficient (Wildman–Crippen LogP) is 5.22. The molecule has 0 aromatic heterocycles. The molecule has 3 aromatic rings. The molecule has 4 amide bonds. The Morgan fingerprint density at radius 1 is 0.968 bits per heavy atom. The zero-order valence-corrected chi connectivity index (χ0v) is 37.2. The van der Waals surface area contributed by atoms with Crippen molar-refractivity contribution < 1.29 is 42.5 Å². The molecule has 2 heterocycles. The normalized spacial score (nSPS) is 24.9. The highest BCUT2D eigenvalue weighted by molar-refractivity contribution is 6.03. The number of imide groups is 1. The van der Waals surface area contributed by atoms with Crippen molar-refractivity contribution in [3.05, 3.63) is 88.2 Å². The Labute approximate surface area is 368 Å². The van der Waals surface area contributed by atoms with E-state index in [0.717, 1.165) is 42.0 Å². The van der Waals surface area contributed by atoms with E-state index < -0.39 is 29.6 Å². The average molecular weight is 867 g/mol. The third kappa shape index (κ3) is 9.83.